The number of nitrogens with zero attached hydrogens (tertiary/aromatic N) is 2. The topological polar surface area (TPSA) is 120 Å². The first kappa shape index (κ1) is 36.6. The van der Waals surface area contributed by atoms with Crippen molar-refractivity contribution in [3.8, 4) is 0 Å². The zero-order valence-corrected chi connectivity index (χ0v) is 28.0. The van der Waals surface area contributed by atoms with Gasteiger partial charge in [-0.3, -0.25) is 19.2 Å². The van der Waals surface area contributed by atoms with E-state index >= 15 is 13.2 Å². The van der Waals surface area contributed by atoms with Gasteiger partial charge in [-0.1, -0.05) is 39.7 Å². The summed E-state index contributed by atoms with van der Waals surface area (Å²) < 4.78 is 51.2. The number of amides is 4. The third kappa shape index (κ3) is 9.25. The summed E-state index contributed by atoms with van der Waals surface area (Å²) in [5, 5.41) is 7.67. The van der Waals surface area contributed by atoms with Crippen LogP contribution in [0.25, 0.3) is 0 Å². The Morgan fingerprint density at radius 2 is 1.62 bits per heavy atom. The van der Waals surface area contributed by atoms with Gasteiger partial charge in [0, 0.05) is 57.6 Å². The molecule has 262 valence electrons. The van der Waals surface area contributed by atoms with Crippen LogP contribution >= 0.6 is 0 Å². The van der Waals surface area contributed by atoms with E-state index in [9.17, 15) is 19.2 Å². The van der Waals surface area contributed by atoms with Crippen molar-refractivity contribution in [2.24, 2.45) is 17.8 Å². The van der Waals surface area contributed by atoms with Crippen LogP contribution < -0.4 is 16.0 Å². The molecule has 3 N–H and O–H groups in total. The van der Waals surface area contributed by atoms with Crippen molar-refractivity contribution in [2.75, 3.05) is 51.8 Å². The Morgan fingerprint density at radius 3 is 2.21 bits per heavy atom. The third-order valence-corrected chi connectivity index (χ3v) is 10.1. The van der Waals surface area contributed by atoms with Gasteiger partial charge in [-0.15, -0.1) is 0 Å². The highest BCUT2D eigenvalue weighted by Gasteiger charge is 2.49. The van der Waals surface area contributed by atoms with E-state index in [2.05, 4.69) is 27.8 Å². The number of halogens is 3. The van der Waals surface area contributed by atoms with Crippen molar-refractivity contribution < 1.29 is 37.1 Å². The lowest BCUT2D eigenvalue weighted by molar-refractivity contribution is -0.161. The van der Waals surface area contributed by atoms with Gasteiger partial charge < -0.3 is 30.5 Å². The summed E-state index contributed by atoms with van der Waals surface area (Å²) in [6, 6.07) is 1.94. The van der Waals surface area contributed by atoms with Crippen LogP contribution in [-0.2, 0) is 23.9 Å². The molecule has 1 aliphatic carbocycles. The summed E-state index contributed by atoms with van der Waals surface area (Å²) in [7, 11) is 1.97. The number of piperazine rings is 1. The summed E-state index contributed by atoms with van der Waals surface area (Å²) in [4.78, 5) is 56.3. The predicted molar refractivity (Wildman–Crippen MR) is 171 cm³/mol. The molecule has 3 fully saturated rings. The monoisotopic (exact) mass is 665 g/mol. The van der Waals surface area contributed by atoms with Crippen molar-refractivity contribution in [3.05, 3.63) is 29.6 Å². The van der Waals surface area contributed by atoms with E-state index < -0.39 is 47.5 Å². The minimum Gasteiger partial charge on any atom is -0.381 e. The largest absolute Gasteiger partial charge is 0.381 e. The number of benzene rings is 1. The molecule has 4 amide bonds. The van der Waals surface area contributed by atoms with E-state index in [-0.39, 0.29) is 55.9 Å². The van der Waals surface area contributed by atoms with Gasteiger partial charge in [-0.05, 0) is 62.3 Å². The summed E-state index contributed by atoms with van der Waals surface area (Å²) in [5.41, 5.74) is 0.261. The highest BCUT2D eigenvalue weighted by atomic mass is 19.3. The summed E-state index contributed by atoms with van der Waals surface area (Å²) >= 11 is 0. The molecule has 1 saturated carbocycles. The van der Waals surface area contributed by atoms with Gasteiger partial charge >= 0.3 is 5.92 Å². The molecule has 10 nitrogen and oxygen atoms in total. The Morgan fingerprint density at radius 1 is 0.979 bits per heavy atom. The molecule has 47 heavy (non-hydrogen) atoms. The summed E-state index contributed by atoms with van der Waals surface area (Å²) in [6.45, 7) is 8.20. The summed E-state index contributed by atoms with van der Waals surface area (Å²) in [6.07, 6.45) is 2.95. The molecule has 3 aliphatic rings. The molecular formula is C34H50F3N5O5. The van der Waals surface area contributed by atoms with Crippen LogP contribution in [0.15, 0.2) is 18.2 Å². The molecule has 0 unspecified atom stereocenters. The minimum atomic E-state index is -3.68. The lowest BCUT2D eigenvalue weighted by Gasteiger charge is -2.36. The zero-order valence-electron chi connectivity index (χ0n) is 28.0. The van der Waals surface area contributed by atoms with Gasteiger partial charge in [0.15, 0.2) is 0 Å². The number of hydrogen-bond acceptors (Lipinski definition) is 6. The van der Waals surface area contributed by atoms with Crippen LogP contribution in [0.3, 0.4) is 0 Å². The molecule has 0 spiro atoms. The fourth-order valence-corrected chi connectivity index (χ4v) is 6.72. The van der Waals surface area contributed by atoms with Crippen molar-refractivity contribution in [2.45, 2.75) is 89.6 Å². The standard InChI is InChI=1S/C34H50F3N5O5/c1-5-28(43)39-29(32(45)42-16-14-41(4)15-17-42)22(3)24-10-11-27(26(35)20-24)38-31(44)30(23-8-6-21(2)7-9-23)40-33(46)34(36,37)25-12-18-47-19-13-25/h10-11,20-23,25,29-30H,5-9,12-19H2,1-4H3,(H,38,44)(H,39,43)(H,40,46)/t21-,22-,23-,29+,30-/m0/s1. The highest BCUT2D eigenvalue weighted by molar-refractivity contribution is 5.98. The average molecular weight is 666 g/mol. The second-order valence-electron chi connectivity index (χ2n) is 13.5. The van der Waals surface area contributed by atoms with E-state index in [1.165, 1.54) is 12.1 Å². The van der Waals surface area contributed by atoms with E-state index in [4.69, 9.17) is 4.74 Å². The van der Waals surface area contributed by atoms with E-state index in [0.29, 0.717) is 50.5 Å². The lowest BCUT2D eigenvalue weighted by Crippen LogP contribution is -2.56. The molecule has 0 aromatic heterocycles. The SMILES string of the molecule is CCC(=O)N[C@@H](C(=O)N1CCN(C)CC1)[C@@H](C)c1ccc(NC(=O)[C@@H](NC(=O)C(F)(F)C2CCOCC2)[C@H]2CC[C@H](C)CC2)c(F)c1. The number of anilines is 1. The number of hydrogen-bond donors (Lipinski definition) is 3. The molecule has 13 heteroatoms. The second-order valence-corrected chi connectivity index (χ2v) is 13.5. The maximum Gasteiger partial charge on any atom is 0.327 e. The molecule has 2 heterocycles. The molecule has 1 aromatic rings. The van der Waals surface area contributed by atoms with Gasteiger partial charge in [0.1, 0.15) is 17.9 Å². The van der Waals surface area contributed by atoms with Gasteiger partial charge in [0.25, 0.3) is 5.91 Å². The molecule has 3 atom stereocenters. The van der Waals surface area contributed by atoms with Crippen molar-refractivity contribution in [1.29, 1.82) is 0 Å². The zero-order chi connectivity index (χ0) is 34.3. The Hall–Kier alpha value is -3.19. The minimum absolute atomic E-state index is 0.0398. The number of alkyl halides is 2. The predicted octanol–water partition coefficient (Wildman–Crippen LogP) is 3.91. The van der Waals surface area contributed by atoms with Gasteiger partial charge in [-0.25, -0.2) is 4.39 Å². The number of ether oxygens (including phenoxy) is 1. The van der Waals surface area contributed by atoms with Crippen LogP contribution in [-0.4, -0.2) is 97.9 Å². The van der Waals surface area contributed by atoms with Crippen molar-refractivity contribution >= 4 is 29.3 Å². The first-order valence-corrected chi connectivity index (χ1v) is 16.9. The first-order valence-electron chi connectivity index (χ1n) is 16.9. The number of carbonyl (C=O) groups is 4. The van der Waals surface area contributed by atoms with E-state index in [0.717, 1.165) is 12.8 Å². The quantitative estimate of drug-likeness (QED) is 0.330. The van der Waals surface area contributed by atoms with Crippen molar-refractivity contribution in [1.82, 2.24) is 20.4 Å². The normalized spacial score (nSPS) is 23.3. The third-order valence-electron chi connectivity index (χ3n) is 10.1. The number of carbonyl (C=O) groups excluding carboxylic acids is 4. The first-order chi connectivity index (χ1) is 22.3. The van der Waals surface area contributed by atoms with Crippen LogP contribution in [0.5, 0.6) is 0 Å². The van der Waals surface area contributed by atoms with Crippen LogP contribution in [0, 0.1) is 23.6 Å². The summed E-state index contributed by atoms with van der Waals surface area (Å²) in [5.74, 6) is -9.04. The number of nitrogens with one attached hydrogen (secondary N) is 3. The average Bonchev–Trinajstić information content (AvgIpc) is 3.07. The van der Waals surface area contributed by atoms with Crippen LogP contribution in [0.2, 0.25) is 0 Å². The number of rotatable bonds is 11. The lowest BCUT2D eigenvalue weighted by atomic mass is 9.78. The molecule has 4 rings (SSSR count). The fraction of sp³-hybridized carbons (Fsp3) is 0.706. The second kappa shape index (κ2) is 16.3. The Labute approximate surface area is 275 Å². The molecule has 2 aliphatic heterocycles. The smallest absolute Gasteiger partial charge is 0.327 e. The molecule has 2 saturated heterocycles. The number of likely N-dealkylation sites (N-methyl/N-ethyl adjacent to an activating group) is 1. The molecule has 1 aromatic carbocycles. The van der Waals surface area contributed by atoms with Crippen molar-refractivity contribution in [3.63, 3.8) is 0 Å². The molecule has 0 bridgehead atoms. The van der Waals surface area contributed by atoms with Gasteiger partial charge in [0.05, 0.1) is 5.69 Å². The molecule has 0 radical (unpaired) electrons. The van der Waals surface area contributed by atoms with E-state index in [1.807, 2.05) is 7.05 Å². The van der Waals surface area contributed by atoms with Gasteiger partial charge in [0.2, 0.25) is 17.7 Å². The Kier molecular flexibility index (Phi) is 12.7. The van der Waals surface area contributed by atoms with Gasteiger partial charge in [-0.2, -0.15) is 8.78 Å². The Balaban J connectivity index is 1.51. The fourth-order valence-electron chi connectivity index (χ4n) is 6.72. The van der Waals surface area contributed by atoms with Crippen LogP contribution in [0.4, 0.5) is 18.9 Å². The maximum atomic E-state index is 15.6. The van der Waals surface area contributed by atoms with E-state index in [1.54, 1.807) is 24.8 Å². The van der Waals surface area contributed by atoms with Crippen LogP contribution in [0.1, 0.15) is 77.2 Å². The Bertz CT molecular complexity index is 1260. The highest BCUT2D eigenvalue weighted by Crippen LogP contribution is 2.35. The molecular weight excluding hydrogens is 615 g/mol. The maximum absolute atomic E-state index is 15.6.